The molecule has 1 aromatic rings. The van der Waals surface area contributed by atoms with Gasteiger partial charge in [-0.15, -0.1) is 0 Å². The first kappa shape index (κ1) is 11.2. The molecule has 0 amide bonds. The van der Waals surface area contributed by atoms with Gasteiger partial charge in [-0.2, -0.15) is 8.42 Å². The van der Waals surface area contributed by atoms with E-state index in [1.165, 1.54) is 0 Å². The maximum Gasteiger partial charge on any atom is 0.264 e. The lowest BCUT2D eigenvalue weighted by Gasteiger charge is -1.95. The molecule has 0 bridgehead atoms. The summed E-state index contributed by atoms with van der Waals surface area (Å²) in [6, 6.07) is 1.69. The van der Waals surface area contributed by atoms with Crippen LogP contribution in [-0.2, 0) is 20.9 Å². The lowest BCUT2D eigenvalue weighted by molar-refractivity contribution is 0.291. The van der Waals surface area contributed by atoms with E-state index in [0.717, 1.165) is 12.0 Å². The Bertz CT molecular complexity index is 393. The van der Waals surface area contributed by atoms with Crippen LogP contribution in [0.4, 0.5) is 0 Å². The smallest absolute Gasteiger partial charge is 0.264 e. The lowest BCUT2D eigenvalue weighted by Crippen LogP contribution is -2.02. The first-order chi connectivity index (χ1) is 6.38. The van der Waals surface area contributed by atoms with Gasteiger partial charge in [-0.3, -0.25) is 4.18 Å². The normalized spacial score (nSPS) is 12.3. The molecule has 0 atom stereocenters. The maximum atomic E-state index is 10.7. The van der Waals surface area contributed by atoms with E-state index in [0.29, 0.717) is 5.69 Å². The van der Waals surface area contributed by atoms with Crippen LogP contribution in [0.15, 0.2) is 10.6 Å². The van der Waals surface area contributed by atoms with Gasteiger partial charge in [0.05, 0.1) is 6.26 Å². The summed E-state index contributed by atoms with van der Waals surface area (Å²) in [4.78, 5) is 0. The summed E-state index contributed by atoms with van der Waals surface area (Å²) in [6.45, 7) is 3.85. The standard InChI is InChI=1S/C8H13NO4S/c1-6(2)8-4-7(9-13-8)5-12-14(3,10)11/h4,6H,5H2,1-3H3. The van der Waals surface area contributed by atoms with Crippen molar-refractivity contribution in [1.82, 2.24) is 5.16 Å². The van der Waals surface area contributed by atoms with Crippen molar-refractivity contribution in [1.29, 1.82) is 0 Å². The number of aromatic nitrogens is 1. The molecule has 0 radical (unpaired) electrons. The molecule has 0 aromatic carbocycles. The molecule has 0 saturated carbocycles. The predicted octanol–water partition coefficient (Wildman–Crippen LogP) is 1.27. The van der Waals surface area contributed by atoms with Gasteiger partial charge in [0.25, 0.3) is 10.1 Å². The van der Waals surface area contributed by atoms with Gasteiger partial charge in [0.2, 0.25) is 0 Å². The van der Waals surface area contributed by atoms with Gasteiger partial charge in [0.15, 0.2) is 0 Å². The third kappa shape index (κ3) is 3.47. The highest BCUT2D eigenvalue weighted by Crippen LogP contribution is 2.15. The molecular formula is C8H13NO4S. The SMILES string of the molecule is CC(C)c1cc(COS(C)(=O)=O)no1. The fourth-order valence-corrected chi connectivity index (χ4v) is 1.17. The molecule has 0 N–H and O–H groups in total. The highest BCUT2D eigenvalue weighted by molar-refractivity contribution is 7.85. The molecule has 0 saturated heterocycles. The van der Waals surface area contributed by atoms with Crippen molar-refractivity contribution < 1.29 is 17.1 Å². The second-order valence-electron chi connectivity index (χ2n) is 3.34. The lowest BCUT2D eigenvalue weighted by atomic mass is 10.1. The van der Waals surface area contributed by atoms with Crippen molar-refractivity contribution in [2.24, 2.45) is 0 Å². The van der Waals surface area contributed by atoms with Crippen LogP contribution in [0.3, 0.4) is 0 Å². The highest BCUT2D eigenvalue weighted by Gasteiger charge is 2.09. The van der Waals surface area contributed by atoms with Gasteiger partial charge in [-0.05, 0) is 0 Å². The zero-order valence-corrected chi connectivity index (χ0v) is 9.17. The second-order valence-corrected chi connectivity index (χ2v) is 4.99. The van der Waals surface area contributed by atoms with E-state index in [-0.39, 0.29) is 12.5 Å². The van der Waals surface area contributed by atoms with Crippen molar-refractivity contribution in [2.45, 2.75) is 26.4 Å². The zero-order valence-electron chi connectivity index (χ0n) is 8.35. The zero-order chi connectivity index (χ0) is 10.8. The average Bonchev–Trinajstić information content (AvgIpc) is 2.47. The van der Waals surface area contributed by atoms with Gasteiger partial charge in [0.1, 0.15) is 18.1 Å². The van der Waals surface area contributed by atoms with Gasteiger partial charge in [-0.1, -0.05) is 19.0 Å². The molecule has 80 valence electrons. The van der Waals surface area contributed by atoms with Gasteiger partial charge in [0, 0.05) is 12.0 Å². The van der Waals surface area contributed by atoms with E-state index in [1.54, 1.807) is 6.07 Å². The molecule has 1 aromatic heterocycles. The molecule has 6 heteroatoms. The van der Waals surface area contributed by atoms with Crippen molar-refractivity contribution >= 4 is 10.1 Å². The van der Waals surface area contributed by atoms with Crippen LogP contribution in [0, 0.1) is 0 Å². The van der Waals surface area contributed by atoms with Crippen LogP contribution in [-0.4, -0.2) is 19.8 Å². The minimum Gasteiger partial charge on any atom is -0.361 e. The van der Waals surface area contributed by atoms with Crippen molar-refractivity contribution in [3.63, 3.8) is 0 Å². The Morgan fingerprint density at radius 1 is 1.57 bits per heavy atom. The highest BCUT2D eigenvalue weighted by atomic mass is 32.2. The molecule has 5 nitrogen and oxygen atoms in total. The summed E-state index contributed by atoms with van der Waals surface area (Å²) >= 11 is 0. The van der Waals surface area contributed by atoms with E-state index in [4.69, 9.17) is 4.52 Å². The Morgan fingerprint density at radius 3 is 2.64 bits per heavy atom. The van der Waals surface area contributed by atoms with Gasteiger partial charge < -0.3 is 4.52 Å². The minimum absolute atomic E-state index is 0.0744. The Hall–Kier alpha value is -0.880. The Morgan fingerprint density at radius 2 is 2.21 bits per heavy atom. The van der Waals surface area contributed by atoms with Gasteiger partial charge in [-0.25, -0.2) is 0 Å². The number of nitrogens with zero attached hydrogens (tertiary/aromatic N) is 1. The molecule has 14 heavy (non-hydrogen) atoms. The molecule has 0 aliphatic carbocycles. The van der Waals surface area contributed by atoms with Crippen molar-refractivity contribution in [3.8, 4) is 0 Å². The number of hydrogen-bond acceptors (Lipinski definition) is 5. The van der Waals surface area contributed by atoms with E-state index in [9.17, 15) is 8.42 Å². The average molecular weight is 219 g/mol. The van der Waals surface area contributed by atoms with Crippen LogP contribution in [0.2, 0.25) is 0 Å². The van der Waals surface area contributed by atoms with Crippen molar-refractivity contribution in [3.05, 3.63) is 17.5 Å². The molecule has 1 heterocycles. The van der Waals surface area contributed by atoms with Crippen LogP contribution < -0.4 is 0 Å². The first-order valence-corrected chi connectivity index (χ1v) is 6.00. The second kappa shape index (κ2) is 4.10. The number of rotatable bonds is 4. The number of hydrogen-bond donors (Lipinski definition) is 0. The molecule has 0 fully saturated rings. The Balaban J connectivity index is 2.61. The minimum atomic E-state index is -3.41. The summed E-state index contributed by atoms with van der Waals surface area (Å²) in [5.74, 6) is 0.951. The third-order valence-corrected chi connectivity index (χ3v) is 2.11. The van der Waals surface area contributed by atoms with Crippen LogP contribution in [0.5, 0.6) is 0 Å². The summed E-state index contributed by atoms with van der Waals surface area (Å²) in [7, 11) is -3.41. The molecule has 0 aliphatic heterocycles. The topological polar surface area (TPSA) is 69.4 Å². The van der Waals surface area contributed by atoms with Gasteiger partial charge >= 0.3 is 0 Å². The summed E-state index contributed by atoms with van der Waals surface area (Å²) in [6.07, 6.45) is 0.996. The fraction of sp³-hybridized carbons (Fsp3) is 0.625. The molecule has 1 rings (SSSR count). The molecular weight excluding hydrogens is 206 g/mol. The van der Waals surface area contributed by atoms with Crippen LogP contribution >= 0.6 is 0 Å². The molecule has 0 unspecified atom stereocenters. The quantitative estimate of drug-likeness (QED) is 0.713. The van der Waals surface area contributed by atoms with E-state index >= 15 is 0 Å². The Labute approximate surface area is 83.2 Å². The third-order valence-electron chi connectivity index (χ3n) is 1.57. The van der Waals surface area contributed by atoms with Crippen LogP contribution in [0.1, 0.15) is 31.2 Å². The summed E-state index contributed by atoms with van der Waals surface area (Å²) in [5, 5.41) is 3.68. The predicted molar refractivity (Wildman–Crippen MR) is 50.2 cm³/mol. The Kier molecular flexibility index (Phi) is 3.28. The van der Waals surface area contributed by atoms with E-state index < -0.39 is 10.1 Å². The fourth-order valence-electron chi connectivity index (χ4n) is 0.836. The largest absolute Gasteiger partial charge is 0.361 e. The van der Waals surface area contributed by atoms with E-state index in [1.807, 2.05) is 13.8 Å². The van der Waals surface area contributed by atoms with Crippen LogP contribution in [0.25, 0.3) is 0 Å². The molecule has 0 aliphatic rings. The summed E-state index contributed by atoms with van der Waals surface area (Å²) < 4.78 is 30.9. The summed E-state index contributed by atoms with van der Waals surface area (Å²) in [5.41, 5.74) is 0.485. The van der Waals surface area contributed by atoms with Crippen molar-refractivity contribution in [2.75, 3.05) is 6.26 Å². The maximum absolute atomic E-state index is 10.7. The monoisotopic (exact) mass is 219 g/mol. The molecule has 0 spiro atoms. The van der Waals surface area contributed by atoms with E-state index in [2.05, 4.69) is 9.34 Å². The first-order valence-electron chi connectivity index (χ1n) is 4.18.